The van der Waals surface area contributed by atoms with Gasteiger partial charge in [-0.05, 0) is 69.2 Å². The first kappa shape index (κ1) is 14.9. The topological polar surface area (TPSA) is 30.5 Å². The Bertz CT molecular complexity index is 496. The SMILES string of the molecule is Cc1cc(C)c(C)c(OCC2CCC(CNC3CC3)O2)c1. The molecule has 1 heterocycles. The molecule has 0 aromatic heterocycles. The van der Waals surface area contributed by atoms with Gasteiger partial charge in [-0.2, -0.15) is 0 Å². The molecule has 2 atom stereocenters. The third-order valence-corrected chi connectivity index (χ3v) is 4.60. The molecule has 1 aromatic carbocycles. The van der Waals surface area contributed by atoms with Crippen LogP contribution in [0, 0.1) is 20.8 Å². The molecule has 0 bridgehead atoms. The van der Waals surface area contributed by atoms with E-state index in [4.69, 9.17) is 9.47 Å². The van der Waals surface area contributed by atoms with Gasteiger partial charge in [0.05, 0.1) is 12.2 Å². The van der Waals surface area contributed by atoms with Crippen LogP contribution in [-0.4, -0.2) is 31.4 Å². The molecule has 1 aromatic rings. The van der Waals surface area contributed by atoms with Gasteiger partial charge in [0.15, 0.2) is 0 Å². The van der Waals surface area contributed by atoms with E-state index >= 15 is 0 Å². The van der Waals surface area contributed by atoms with E-state index in [1.807, 2.05) is 0 Å². The first-order valence-corrected chi connectivity index (χ1v) is 8.21. The fourth-order valence-electron chi connectivity index (χ4n) is 2.97. The number of ether oxygens (including phenoxy) is 2. The van der Waals surface area contributed by atoms with Gasteiger partial charge in [0, 0.05) is 12.6 Å². The van der Waals surface area contributed by atoms with E-state index in [1.165, 1.54) is 29.5 Å². The van der Waals surface area contributed by atoms with Crippen LogP contribution in [0.25, 0.3) is 0 Å². The Morgan fingerprint density at radius 2 is 1.86 bits per heavy atom. The van der Waals surface area contributed by atoms with Crippen LogP contribution in [0.15, 0.2) is 12.1 Å². The molecule has 1 N–H and O–H groups in total. The Balaban J connectivity index is 1.47. The molecule has 2 unspecified atom stereocenters. The lowest BCUT2D eigenvalue weighted by molar-refractivity contribution is 0.0183. The van der Waals surface area contributed by atoms with Crippen LogP contribution < -0.4 is 10.1 Å². The number of benzene rings is 1. The molecule has 1 saturated carbocycles. The van der Waals surface area contributed by atoms with Crippen molar-refractivity contribution in [3.63, 3.8) is 0 Å². The van der Waals surface area contributed by atoms with Gasteiger partial charge < -0.3 is 14.8 Å². The highest BCUT2D eigenvalue weighted by molar-refractivity contribution is 5.41. The molecule has 3 heteroatoms. The van der Waals surface area contributed by atoms with Crippen molar-refractivity contribution < 1.29 is 9.47 Å². The Morgan fingerprint density at radius 1 is 1.10 bits per heavy atom. The summed E-state index contributed by atoms with van der Waals surface area (Å²) in [4.78, 5) is 0. The standard InChI is InChI=1S/C18H27NO2/c1-12-8-13(2)14(3)18(9-12)20-11-17-7-6-16(21-17)10-19-15-4-5-15/h8-9,15-17,19H,4-7,10-11H2,1-3H3. The first-order valence-electron chi connectivity index (χ1n) is 8.21. The van der Waals surface area contributed by atoms with Crippen molar-refractivity contribution in [3.8, 4) is 5.75 Å². The highest BCUT2D eigenvalue weighted by atomic mass is 16.5. The first-order chi connectivity index (χ1) is 10.1. The van der Waals surface area contributed by atoms with E-state index in [0.717, 1.165) is 31.2 Å². The molecule has 0 amide bonds. The lowest BCUT2D eigenvalue weighted by Gasteiger charge is -2.17. The van der Waals surface area contributed by atoms with Crippen molar-refractivity contribution in [1.82, 2.24) is 5.32 Å². The van der Waals surface area contributed by atoms with Gasteiger partial charge in [0.1, 0.15) is 12.4 Å². The predicted molar refractivity (Wildman–Crippen MR) is 85.1 cm³/mol. The monoisotopic (exact) mass is 289 g/mol. The van der Waals surface area contributed by atoms with Crippen molar-refractivity contribution in [3.05, 3.63) is 28.8 Å². The lowest BCUT2D eigenvalue weighted by atomic mass is 10.1. The second-order valence-corrected chi connectivity index (χ2v) is 6.66. The van der Waals surface area contributed by atoms with Crippen molar-refractivity contribution >= 4 is 0 Å². The average molecular weight is 289 g/mol. The Morgan fingerprint density at radius 3 is 2.62 bits per heavy atom. The van der Waals surface area contributed by atoms with E-state index < -0.39 is 0 Å². The molecule has 2 aliphatic rings. The van der Waals surface area contributed by atoms with Gasteiger partial charge in [-0.3, -0.25) is 0 Å². The molecule has 1 saturated heterocycles. The molecule has 21 heavy (non-hydrogen) atoms. The average Bonchev–Trinajstić information content (AvgIpc) is 3.17. The van der Waals surface area contributed by atoms with Crippen LogP contribution in [0.3, 0.4) is 0 Å². The molecular formula is C18H27NO2. The van der Waals surface area contributed by atoms with Gasteiger partial charge in [-0.15, -0.1) is 0 Å². The summed E-state index contributed by atoms with van der Waals surface area (Å²) in [6.45, 7) is 8.06. The number of hydrogen-bond acceptors (Lipinski definition) is 3. The summed E-state index contributed by atoms with van der Waals surface area (Å²) in [5, 5.41) is 3.55. The molecule has 0 radical (unpaired) electrons. The van der Waals surface area contributed by atoms with Crippen molar-refractivity contribution in [2.45, 2.75) is 64.7 Å². The predicted octanol–water partition coefficient (Wildman–Crippen LogP) is 3.29. The Kier molecular flexibility index (Phi) is 4.51. The van der Waals surface area contributed by atoms with Crippen LogP contribution in [0.1, 0.15) is 42.4 Å². The minimum absolute atomic E-state index is 0.247. The Hall–Kier alpha value is -1.06. The maximum atomic E-state index is 6.07. The molecule has 3 rings (SSSR count). The maximum absolute atomic E-state index is 6.07. The third kappa shape index (κ3) is 3.98. The summed E-state index contributed by atoms with van der Waals surface area (Å²) < 4.78 is 12.1. The fraction of sp³-hybridized carbons (Fsp3) is 0.667. The zero-order chi connectivity index (χ0) is 14.8. The summed E-state index contributed by atoms with van der Waals surface area (Å²) >= 11 is 0. The molecule has 1 aliphatic carbocycles. The smallest absolute Gasteiger partial charge is 0.122 e. The summed E-state index contributed by atoms with van der Waals surface area (Å²) in [5.74, 6) is 1.01. The van der Waals surface area contributed by atoms with Crippen molar-refractivity contribution in [1.29, 1.82) is 0 Å². The number of nitrogens with one attached hydrogen (secondary N) is 1. The second kappa shape index (κ2) is 6.37. The van der Waals surface area contributed by atoms with Crippen molar-refractivity contribution in [2.24, 2.45) is 0 Å². The largest absolute Gasteiger partial charge is 0.491 e. The fourth-order valence-corrected chi connectivity index (χ4v) is 2.97. The van der Waals surface area contributed by atoms with E-state index in [1.54, 1.807) is 0 Å². The third-order valence-electron chi connectivity index (χ3n) is 4.60. The molecule has 116 valence electrons. The van der Waals surface area contributed by atoms with E-state index in [2.05, 4.69) is 38.2 Å². The van der Waals surface area contributed by atoms with Crippen LogP contribution in [0.2, 0.25) is 0 Å². The highest BCUT2D eigenvalue weighted by Crippen LogP contribution is 2.26. The van der Waals surface area contributed by atoms with E-state index in [9.17, 15) is 0 Å². The van der Waals surface area contributed by atoms with Gasteiger partial charge >= 0.3 is 0 Å². The van der Waals surface area contributed by atoms with E-state index in [-0.39, 0.29) is 6.10 Å². The summed E-state index contributed by atoms with van der Waals surface area (Å²) in [7, 11) is 0. The zero-order valence-electron chi connectivity index (χ0n) is 13.4. The van der Waals surface area contributed by atoms with Gasteiger partial charge in [0.25, 0.3) is 0 Å². The number of hydrogen-bond donors (Lipinski definition) is 1. The van der Waals surface area contributed by atoms with Crippen LogP contribution >= 0.6 is 0 Å². The van der Waals surface area contributed by atoms with E-state index in [0.29, 0.717) is 12.7 Å². The van der Waals surface area contributed by atoms with Crippen LogP contribution in [0.4, 0.5) is 0 Å². The lowest BCUT2D eigenvalue weighted by Crippen LogP contribution is -2.29. The van der Waals surface area contributed by atoms with Gasteiger partial charge in [0.2, 0.25) is 0 Å². The molecule has 0 spiro atoms. The highest BCUT2D eigenvalue weighted by Gasteiger charge is 2.28. The normalized spacial score (nSPS) is 25.3. The number of aryl methyl sites for hydroxylation is 2. The second-order valence-electron chi connectivity index (χ2n) is 6.66. The zero-order valence-corrected chi connectivity index (χ0v) is 13.4. The van der Waals surface area contributed by atoms with Crippen LogP contribution in [-0.2, 0) is 4.74 Å². The molecular weight excluding hydrogens is 262 g/mol. The summed E-state index contributed by atoms with van der Waals surface area (Å²) in [6, 6.07) is 5.10. The summed E-state index contributed by atoms with van der Waals surface area (Å²) in [6.07, 6.45) is 5.56. The maximum Gasteiger partial charge on any atom is 0.122 e. The molecule has 1 aliphatic heterocycles. The molecule has 2 fully saturated rings. The minimum atomic E-state index is 0.247. The van der Waals surface area contributed by atoms with Gasteiger partial charge in [-0.1, -0.05) is 6.07 Å². The quantitative estimate of drug-likeness (QED) is 0.871. The van der Waals surface area contributed by atoms with Gasteiger partial charge in [-0.25, -0.2) is 0 Å². The molecule has 3 nitrogen and oxygen atoms in total. The summed E-state index contributed by atoms with van der Waals surface area (Å²) in [5.41, 5.74) is 3.79. The minimum Gasteiger partial charge on any atom is -0.491 e. The van der Waals surface area contributed by atoms with Crippen LogP contribution in [0.5, 0.6) is 5.75 Å². The Labute approximate surface area is 128 Å². The number of rotatable bonds is 6. The van der Waals surface area contributed by atoms with Crippen molar-refractivity contribution in [2.75, 3.05) is 13.2 Å².